The molecule has 0 spiro atoms. The molecule has 2 nitrogen and oxygen atoms in total. The molecular formula is C20H22N2S. The zero-order chi connectivity index (χ0) is 15.6. The van der Waals surface area contributed by atoms with E-state index in [0.29, 0.717) is 6.04 Å². The summed E-state index contributed by atoms with van der Waals surface area (Å²) in [6.45, 7) is 6.77. The van der Waals surface area contributed by atoms with Crippen molar-refractivity contribution in [1.29, 1.82) is 0 Å². The van der Waals surface area contributed by atoms with Crippen molar-refractivity contribution in [3.8, 4) is 0 Å². The monoisotopic (exact) mass is 322 g/mol. The predicted octanol–water partition coefficient (Wildman–Crippen LogP) is 4.78. The van der Waals surface area contributed by atoms with E-state index in [4.69, 9.17) is 0 Å². The van der Waals surface area contributed by atoms with Crippen LogP contribution in [0.3, 0.4) is 0 Å². The first-order valence-corrected chi connectivity index (χ1v) is 9.21. The third-order valence-corrected chi connectivity index (χ3v) is 5.84. The molecular weight excluding hydrogens is 300 g/mol. The van der Waals surface area contributed by atoms with E-state index in [-0.39, 0.29) is 0 Å². The van der Waals surface area contributed by atoms with E-state index >= 15 is 0 Å². The van der Waals surface area contributed by atoms with Gasteiger partial charge in [-0.1, -0.05) is 36.4 Å². The van der Waals surface area contributed by atoms with Gasteiger partial charge in [-0.15, -0.1) is 11.3 Å². The highest BCUT2D eigenvalue weighted by atomic mass is 32.1. The van der Waals surface area contributed by atoms with Crippen molar-refractivity contribution in [1.82, 2.24) is 4.90 Å². The summed E-state index contributed by atoms with van der Waals surface area (Å²) in [7, 11) is 0. The van der Waals surface area contributed by atoms with Crippen molar-refractivity contribution in [2.45, 2.75) is 13.0 Å². The molecule has 4 rings (SSSR count). The molecule has 0 N–H and O–H groups in total. The highest BCUT2D eigenvalue weighted by Gasteiger charge is 2.22. The highest BCUT2D eigenvalue weighted by molar-refractivity contribution is 7.17. The first-order valence-electron chi connectivity index (χ1n) is 8.33. The van der Waals surface area contributed by atoms with Gasteiger partial charge < -0.3 is 4.90 Å². The number of piperazine rings is 1. The first kappa shape index (κ1) is 14.7. The number of anilines is 1. The first-order chi connectivity index (χ1) is 11.3. The molecule has 0 bridgehead atoms. The highest BCUT2D eigenvalue weighted by Crippen LogP contribution is 2.32. The van der Waals surface area contributed by atoms with Crippen LogP contribution in [-0.2, 0) is 0 Å². The Bertz CT molecular complexity index is 772. The van der Waals surface area contributed by atoms with Crippen molar-refractivity contribution < 1.29 is 0 Å². The van der Waals surface area contributed by atoms with Gasteiger partial charge in [-0.2, -0.15) is 0 Å². The Kier molecular flexibility index (Phi) is 4.06. The third kappa shape index (κ3) is 2.87. The Morgan fingerprint density at radius 1 is 0.870 bits per heavy atom. The van der Waals surface area contributed by atoms with Crippen molar-refractivity contribution in [3.63, 3.8) is 0 Å². The van der Waals surface area contributed by atoms with Crippen LogP contribution in [-0.4, -0.2) is 31.1 Å². The van der Waals surface area contributed by atoms with Gasteiger partial charge in [0.05, 0.1) is 0 Å². The molecule has 118 valence electrons. The van der Waals surface area contributed by atoms with Crippen molar-refractivity contribution in [2.24, 2.45) is 0 Å². The van der Waals surface area contributed by atoms with Crippen LogP contribution < -0.4 is 4.90 Å². The van der Waals surface area contributed by atoms with Gasteiger partial charge in [0.2, 0.25) is 0 Å². The van der Waals surface area contributed by atoms with Gasteiger partial charge in [0.1, 0.15) is 0 Å². The number of hydrogen-bond donors (Lipinski definition) is 0. The molecule has 0 saturated carbocycles. The van der Waals surface area contributed by atoms with Crippen LogP contribution in [0.15, 0.2) is 60.0 Å². The van der Waals surface area contributed by atoms with Crippen LogP contribution in [0.1, 0.15) is 18.5 Å². The molecule has 0 amide bonds. The van der Waals surface area contributed by atoms with E-state index in [2.05, 4.69) is 76.7 Å². The fourth-order valence-corrected chi connectivity index (χ4v) is 4.35. The van der Waals surface area contributed by atoms with Crippen LogP contribution in [0.25, 0.3) is 10.1 Å². The van der Waals surface area contributed by atoms with Gasteiger partial charge in [0.25, 0.3) is 0 Å². The molecule has 1 aromatic heterocycles. The normalized spacial score (nSPS) is 17.5. The number of nitrogens with zero attached hydrogens (tertiary/aromatic N) is 2. The Hall–Kier alpha value is -1.84. The van der Waals surface area contributed by atoms with E-state index in [1.165, 1.54) is 21.3 Å². The Morgan fingerprint density at radius 2 is 1.65 bits per heavy atom. The van der Waals surface area contributed by atoms with E-state index in [1.807, 2.05) is 11.3 Å². The molecule has 1 aliphatic rings. The molecule has 2 aromatic carbocycles. The largest absolute Gasteiger partial charge is 0.368 e. The summed E-state index contributed by atoms with van der Waals surface area (Å²) in [5.74, 6) is 0. The average Bonchev–Trinajstić information content (AvgIpc) is 3.11. The van der Waals surface area contributed by atoms with E-state index in [9.17, 15) is 0 Å². The lowest BCUT2D eigenvalue weighted by atomic mass is 10.1. The molecule has 1 atom stereocenters. The van der Waals surface area contributed by atoms with Gasteiger partial charge in [-0.25, -0.2) is 0 Å². The zero-order valence-electron chi connectivity index (χ0n) is 13.5. The summed E-state index contributed by atoms with van der Waals surface area (Å²) >= 11 is 1.83. The second-order valence-electron chi connectivity index (χ2n) is 6.22. The van der Waals surface area contributed by atoms with E-state index < -0.39 is 0 Å². The summed E-state index contributed by atoms with van der Waals surface area (Å²) in [5, 5.41) is 3.60. The van der Waals surface area contributed by atoms with Gasteiger partial charge in [0.15, 0.2) is 0 Å². The fraction of sp³-hybridized carbons (Fsp3) is 0.300. The number of fused-ring (bicyclic) bond motifs is 1. The molecule has 1 aliphatic heterocycles. The summed E-state index contributed by atoms with van der Waals surface area (Å²) in [6, 6.07) is 20.3. The minimum atomic E-state index is 0.496. The number of hydrogen-bond acceptors (Lipinski definition) is 3. The molecule has 2 heterocycles. The number of benzene rings is 2. The Balaban J connectivity index is 1.48. The van der Waals surface area contributed by atoms with Crippen molar-refractivity contribution >= 4 is 27.1 Å². The second-order valence-corrected chi connectivity index (χ2v) is 7.17. The summed E-state index contributed by atoms with van der Waals surface area (Å²) < 4.78 is 1.39. The average molecular weight is 322 g/mol. The van der Waals surface area contributed by atoms with Crippen molar-refractivity contribution in [3.05, 3.63) is 65.5 Å². The lowest BCUT2D eigenvalue weighted by Crippen LogP contribution is -2.47. The van der Waals surface area contributed by atoms with Crippen LogP contribution in [0.4, 0.5) is 5.69 Å². The maximum atomic E-state index is 2.60. The van der Waals surface area contributed by atoms with Gasteiger partial charge in [-0.3, -0.25) is 4.90 Å². The summed E-state index contributed by atoms with van der Waals surface area (Å²) in [6.07, 6.45) is 0. The summed E-state index contributed by atoms with van der Waals surface area (Å²) in [5.41, 5.74) is 2.82. The van der Waals surface area contributed by atoms with Crippen LogP contribution in [0, 0.1) is 0 Å². The van der Waals surface area contributed by atoms with Crippen LogP contribution in [0.5, 0.6) is 0 Å². The maximum absolute atomic E-state index is 2.60. The lowest BCUT2D eigenvalue weighted by Gasteiger charge is -2.39. The Labute approximate surface area is 142 Å². The maximum Gasteiger partial charge on any atom is 0.0455 e. The molecule has 0 aliphatic carbocycles. The smallest absolute Gasteiger partial charge is 0.0455 e. The lowest BCUT2D eigenvalue weighted by molar-refractivity contribution is 0.198. The second kappa shape index (κ2) is 6.34. The van der Waals surface area contributed by atoms with Crippen LogP contribution in [0.2, 0.25) is 0 Å². The molecule has 3 aromatic rings. The van der Waals surface area contributed by atoms with Crippen LogP contribution >= 0.6 is 11.3 Å². The van der Waals surface area contributed by atoms with Crippen molar-refractivity contribution in [2.75, 3.05) is 31.1 Å². The minimum Gasteiger partial charge on any atom is -0.368 e. The van der Waals surface area contributed by atoms with E-state index in [0.717, 1.165) is 26.2 Å². The standard InChI is InChI=1S/C20H22N2S/c1-16(17-6-3-2-4-7-17)21-11-13-22(14-12-21)19-8-5-9-20-18(19)10-15-23-20/h2-10,15-16H,11-14H2,1H3. The quantitative estimate of drug-likeness (QED) is 0.684. The topological polar surface area (TPSA) is 6.48 Å². The molecule has 1 saturated heterocycles. The molecule has 23 heavy (non-hydrogen) atoms. The third-order valence-electron chi connectivity index (χ3n) is 4.96. The van der Waals surface area contributed by atoms with Gasteiger partial charge in [0, 0.05) is 48.0 Å². The SMILES string of the molecule is CC(c1ccccc1)N1CCN(c2cccc3sccc23)CC1. The van der Waals surface area contributed by atoms with Gasteiger partial charge in [-0.05, 0) is 36.1 Å². The molecule has 1 unspecified atom stereocenters. The number of rotatable bonds is 3. The fourth-order valence-electron chi connectivity index (χ4n) is 3.55. The Morgan fingerprint density at radius 3 is 2.43 bits per heavy atom. The molecule has 0 radical (unpaired) electrons. The number of thiophene rings is 1. The predicted molar refractivity (Wildman–Crippen MR) is 100 cm³/mol. The molecule has 1 fully saturated rings. The minimum absolute atomic E-state index is 0.496. The van der Waals surface area contributed by atoms with Gasteiger partial charge >= 0.3 is 0 Å². The van der Waals surface area contributed by atoms with E-state index in [1.54, 1.807) is 0 Å². The molecule has 3 heteroatoms. The zero-order valence-corrected chi connectivity index (χ0v) is 14.3. The summed E-state index contributed by atoms with van der Waals surface area (Å²) in [4.78, 5) is 5.14.